The molecule has 0 bridgehead atoms. The number of rotatable bonds is 6. The van der Waals surface area contributed by atoms with Gasteiger partial charge in [0.1, 0.15) is 8.07 Å². The molecule has 0 unspecified atom stereocenters. The van der Waals surface area contributed by atoms with Gasteiger partial charge in [-0.2, -0.15) is 0 Å². The first-order chi connectivity index (χ1) is 11.1. The van der Waals surface area contributed by atoms with Gasteiger partial charge >= 0.3 is 7.12 Å². The highest BCUT2D eigenvalue weighted by Crippen LogP contribution is 2.39. The highest BCUT2D eigenvalue weighted by atomic mass is 35.5. The molecule has 2 nitrogen and oxygen atoms in total. The summed E-state index contributed by atoms with van der Waals surface area (Å²) in [6, 6.07) is 10.8. The van der Waals surface area contributed by atoms with Crippen molar-refractivity contribution in [2.45, 2.75) is 64.8 Å². The molecule has 0 aromatic heterocycles. The SMILES string of the molecule is CC1(C)OB(/C(=C\[Si](C)(C)c2ccccc2)CCCCl)OC1(C)C. The maximum Gasteiger partial charge on any atom is 0.489 e. The zero-order chi connectivity index (χ0) is 18.0. The fourth-order valence-electron chi connectivity index (χ4n) is 2.94. The van der Waals surface area contributed by atoms with Gasteiger partial charge < -0.3 is 9.31 Å². The van der Waals surface area contributed by atoms with E-state index in [4.69, 9.17) is 20.9 Å². The highest BCUT2D eigenvalue weighted by molar-refractivity contribution is 6.94. The quantitative estimate of drug-likeness (QED) is 0.537. The summed E-state index contributed by atoms with van der Waals surface area (Å²) in [5.74, 6) is 0.657. The third-order valence-corrected chi connectivity index (χ3v) is 8.40. The van der Waals surface area contributed by atoms with Crippen LogP contribution in [0.2, 0.25) is 13.1 Å². The molecule has 24 heavy (non-hydrogen) atoms. The van der Waals surface area contributed by atoms with Crippen LogP contribution >= 0.6 is 11.6 Å². The summed E-state index contributed by atoms with van der Waals surface area (Å²) in [6.45, 7) is 13.2. The van der Waals surface area contributed by atoms with Gasteiger partial charge in [-0.05, 0) is 46.0 Å². The minimum atomic E-state index is -1.72. The molecule has 0 N–H and O–H groups in total. The highest BCUT2D eigenvalue weighted by Gasteiger charge is 2.52. The Hall–Kier alpha value is -0.548. The third kappa shape index (κ3) is 4.34. The van der Waals surface area contributed by atoms with Crippen LogP contribution in [0.25, 0.3) is 0 Å². The predicted octanol–water partition coefficient (Wildman–Crippen LogP) is 4.72. The Labute approximate surface area is 153 Å². The van der Waals surface area contributed by atoms with Crippen LogP contribution in [0, 0.1) is 0 Å². The molecular weight excluding hydrogens is 335 g/mol. The molecule has 0 radical (unpaired) electrons. The molecule has 0 saturated carbocycles. The number of allylic oxidation sites excluding steroid dienone is 1. The van der Waals surface area contributed by atoms with Gasteiger partial charge in [-0.25, -0.2) is 0 Å². The lowest BCUT2D eigenvalue weighted by atomic mass is 9.77. The monoisotopic (exact) mass is 364 g/mol. The maximum absolute atomic E-state index is 6.29. The van der Waals surface area contributed by atoms with Crippen molar-refractivity contribution in [2.75, 3.05) is 5.88 Å². The minimum Gasteiger partial charge on any atom is -0.400 e. The zero-order valence-electron chi connectivity index (χ0n) is 15.9. The predicted molar refractivity (Wildman–Crippen MR) is 108 cm³/mol. The number of benzene rings is 1. The number of hydrogen-bond donors (Lipinski definition) is 0. The van der Waals surface area contributed by atoms with Gasteiger partial charge in [0.05, 0.1) is 11.2 Å². The molecule has 5 heteroatoms. The molecule has 1 aromatic rings. The molecule has 132 valence electrons. The van der Waals surface area contributed by atoms with Crippen LogP contribution < -0.4 is 5.19 Å². The van der Waals surface area contributed by atoms with Crippen molar-refractivity contribution in [3.63, 3.8) is 0 Å². The van der Waals surface area contributed by atoms with Crippen LogP contribution in [0.3, 0.4) is 0 Å². The van der Waals surface area contributed by atoms with E-state index in [-0.39, 0.29) is 18.3 Å². The lowest BCUT2D eigenvalue weighted by Gasteiger charge is -2.32. The van der Waals surface area contributed by atoms with Crippen molar-refractivity contribution < 1.29 is 9.31 Å². The average Bonchev–Trinajstić information content (AvgIpc) is 2.72. The van der Waals surface area contributed by atoms with E-state index in [0.29, 0.717) is 5.88 Å². The minimum absolute atomic E-state index is 0.270. The molecule has 2 rings (SSSR count). The van der Waals surface area contributed by atoms with Gasteiger partial charge in [-0.1, -0.05) is 54.3 Å². The van der Waals surface area contributed by atoms with E-state index < -0.39 is 8.07 Å². The Morgan fingerprint density at radius 1 is 1.08 bits per heavy atom. The zero-order valence-corrected chi connectivity index (χ0v) is 17.6. The summed E-state index contributed by atoms with van der Waals surface area (Å²) < 4.78 is 12.6. The Morgan fingerprint density at radius 2 is 1.62 bits per heavy atom. The van der Waals surface area contributed by atoms with E-state index >= 15 is 0 Å². The molecule has 1 saturated heterocycles. The lowest BCUT2D eigenvalue weighted by molar-refractivity contribution is 0.00578. The molecule has 1 fully saturated rings. The topological polar surface area (TPSA) is 18.5 Å². The third-order valence-electron chi connectivity index (χ3n) is 5.22. The Bertz CT molecular complexity index is 568. The van der Waals surface area contributed by atoms with E-state index in [9.17, 15) is 0 Å². The van der Waals surface area contributed by atoms with Gasteiger partial charge in [0.15, 0.2) is 0 Å². The Balaban J connectivity index is 2.32. The normalized spacial score (nSPS) is 20.5. The van der Waals surface area contributed by atoms with Gasteiger partial charge in [0.2, 0.25) is 0 Å². The summed E-state index contributed by atoms with van der Waals surface area (Å²) in [6.07, 6.45) is 1.86. The van der Waals surface area contributed by atoms with Gasteiger partial charge in [0, 0.05) is 5.88 Å². The van der Waals surface area contributed by atoms with Crippen LogP contribution in [0.4, 0.5) is 0 Å². The van der Waals surface area contributed by atoms with Gasteiger partial charge in [-0.3, -0.25) is 0 Å². The van der Waals surface area contributed by atoms with Gasteiger partial charge in [-0.15, -0.1) is 11.6 Å². The molecule has 0 aliphatic carbocycles. The average molecular weight is 365 g/mol. The number of hydrogen-bond acceptors (Lipinski definition) is 2. The van der Waals surface area contributed by atoms with Crippen LogP contribution in [-0.2, 0) is 9.31 Å². The van der Waals surface area contributed by atoms with Crippen LogP contribution in [0.5, 0.6) is 0 Å². The fraction of sp³-hybridized carbons (Fsp3) is 0.579. The molecule has 1 heterocycles. The smallest absolute Gasteiger partial charge is 0.400 e. The molecule has 1 aliphatic heterocycles. The molecule has 0 atom stereocenters. The summed E-state index contributed by atoms with van der Waals surface area (Å²) >= 11 is 5.96. The van der Waals surface area contributed by atoms with Crippen LogP contribution in [0.1, 0.15) is 40.5 Å². The molecule has 0 amide bonds. The standard InChI is InChI=1S/C19H30BClO2Si/c1-18(2)19(3,4)23-20(22-18)16(11-10-14-21)15-24(5,6)17-12-8-7-9-13-17/h7-9,12-13,15H,10-11,14H2,1-6H3/b16-15-. The maximum atomic E-state index is 6.29. The second-order valence-electron chi connectivity index (χ2n) is 8.19. The van der Waals surface area contributed by atoms with E-state index in [2.05, 4.69) is 76.8 Å². The van der Waals surface area contributed by atoms with Crippen LogP contribution in [-0.4, -0.2) is 32.3 Å². The van der Waals surface area contributed by atoms with Crippen molar-refractivity contribution in [3.05, 3.63) is 41.5 Å². The number of alkyl halides is 1. The first-order valence-corrected chi connectivity index (χ1v) is 12.4. The largest absolute Gasteiger partial charge is 0.489 e. The van der Waals surface area contributed by atoms with Crippen molar-refractivity contribution in [3.8, 4) is 0 Å². The second kappa shape index (κ2) is 7.37. The van der Waals surface area contributed by atoms with E-state index in [1.54, 1.807) is 0 Å². The summed E-state index contributed by atoms with van der Waals surface area (Å²) in [7, 11) is -1.99. The lowest BCUT2D eigenvalue weighted by Crippen LogP contribution is -2.41. The molecule has 0 spiro atoms. The molecular formula is C19H30BClO2Si. The van der Waals surface area contributed by atoms with E-state index in [0.717, 1.165) is 12.8 Å². The summed E-state index contributed by atoms with van der Waals surface area (Å²) in [5.41, 5.74) is 3.07. The molecule has 1 aromatic carbocycles. The van der Waals surface area contributed by atoms with Crippen LogP contribution in [0.15, 0.2) is 41.5 Å². The van der Waals surface area contributed by atoms with Crippen molar-refractivity contribution in [1.82, 2.24) is 0 Å². The Morgan fingerprint density at radius 3 is 2.12 bits per heavy atom. The molecule has 1 aliphatic rings. The van der Waals surface area contributed by atoms with Crippen molar-refractivity contribution in [1.29, 1.82) is 0 Å². The van der Waals surface area contributed by atoms with E-state index in [1.165, 1.54) is 10.7 Å². The number of halogens is 1. The van der Waals surface area contributed by atoms with Crippen molar-refractivity contribution >= 4 is 32.0 Å². The first-order valence-electron chi connectivity index (χ1n) is 8.78. The summed E-state index contributed by atoms with van der Waals surface area (Å²) in [5, 5.41) is 1.42. The Kier molecular flexibility index (Phi) is 6.07. The summed E-state index contributed by atoms with van der Waals surface area (Å²) in [4.78, 5) is 0. The fourth-order valence-corrected chi connectivity index (χ4v) is 5.50. The first kappa shape index (κ1) is 19.8. The van der Waals surface area contributed by atoms with E-state index in [1.807, 2.05) is 0 Å². The second-order valence-corrected chi connectivity index (χ2v) is 12.9. The van der Waals surface area contributed by atoms with Crippen molar-refractivity contribution in [2.24, 2.45) is 0 Å². The van der Waals surface area contributed by atoms with Gasteiger partial charge in [0.25, 0.3) is 0 Å².